The number of nitrogens with zero attached hydrogens (tertiary/aromatic N) is 1. The molecule has 5 aromatic carbocycles. The van der Waals surface area contributed by atoms with Gasteiger partial charge in [-0.15, -0.1) is 33.7 Å². The van der Waals surface area contributed by atoms with Crippen molar-refractivity contribution in [2.45, 2.75) is 71.6 Å². The summed E-state index contributed by atoms with van der Waals surface area (Å²) in [6, 6.07) is 35.8. The molecule has 0 N–H and O–H groups in total. The molecule has 6 rings (SSSR count). The second-order valence-corrected chi connectivity index (χ2v) is 21.5. The SMILES string of the molecule is Cc1cc2c(-c3ccc4c(c3)c3ccccc3n4C)cccc2[c-]1[Si](C)(CCCCCCOC(C)(C)C)[c-]1cccc1.[Cl][Zr+2][Cl]. The number of rotatable bonds is 10. The Morgan fingerprint density at radius 1 is 0.800 bits per heavy atom. The third-order valence-corrected chi connectivity index (χ3v) is 14.0. The monoisotopic (exact) mass is 731 g/mol. The topological polar surface area (TPSA) is 14.2 Å². The number of aromatic nitrogens is 1. The molecule has 0 radical (unpaired) electrons. The summed E-state index contributed by atoms with van der Waals surface area (Å²) >= 11 is -0.826. The second-order valence-electron chi connectivity index (χ2n) is 13.5. The van der Waals surface area contributed by atoms with Gasteiger partial charge in [-0.3, -0.25) is 0 Å². The number of aryl methyl sites for hydroxylation is 2. The van der Waals surface area contributed by atoms with Crippen molar-refractivity contribution >= 4 is 68.1 Å². The van der Waals surface area contributed by atoms with E-state index < -0.39 is 28.9 Å². The predicted molar refractivity (Wildman–Crippen MR) is 197 cm³/mol. The van der Waals surface area contributed by atoms with Gasteiger partial charge < -0.3 is 9.30 Å². The minimum atomic E-state index is -1.94. The first kappa shape index (κ1) is 34.4. The molecule has 0 aliphatic heterocycles. The molecule has 6 aromatic rings. The number of fused-ring (bicyclic) bond motifs is 4. The van der Waals surface area contributed by atoms with Gasteiger partial charge in [0.25, 0.3) is 0 Å². The van der Waals surface area contributed by atoms with E-state index in [9.17, 15) is 0 Å². The second kappa shape index (κ2) is 14.9. The number of benzene rings is 3. The van der Waals surface area contributed by atoms with Crippen molar-refractivity contribution < 1.29 is 25.6 Å². The Morgan fingerprint density at radius 3 is 2.22 bits per heavy atom. The van der Waals surface area contributed by atoms with Gasteiger partial charge in [0.1, 0.15) is 0 Å². The van der Waals surface area contributed by atoms with Crippen LogP contribution in [0.2, 0.25) is 12.6 Å². The normalized spacial score (nSPS) is 13.2. The Bertz CT molecular complexity index is 1860. The molecule has 0 amide bonds. The van der Waals surface area contributed by atoms with E-state index in [1.165, 1.54) is 74.6 Å². The summed E-state index contributed by atoms with van der Waals surface area (Å²) < 4.78 is 8.27. The number of unbranched alkanes of at least 4 members (excludes halogenated alkanes) is 3. The Kier molecular flexibility index (Phi) is 11.4. The first-order chi connectivity index (χ1) is 21.6. The van der Waals surface area contributed by atoms with E-state index in [-0.39, 0.29) is 5.60 Å². The van der Waals surface area contributed by atoms with E-state index in [0.717, 1.165) is 13.0 Å². The van der Waals surface area contributed by atoms with Gasteiger partial charge in [-0.2, -0.15) is 23.4 Å². The van der Waals surface area contributed by atoms with Crippen molar-refractivity contribution in [3.8, 4) is 11.1 Å². The zero-order chi connectivity index (χ0) is 32.2. The molecule has 2 nitrogen and oxygen atoms in total. The molecule has 0 saturated heterocycles. The summed E-state index contributed by atoms with van der Waals surface area (Å²) in [5.74, 6) is 0. The van der Waals surface area contributed by atoms with Crippen molar-refractivity contribution in [1.29, 1.82) is 0 Å². The van der Waals surface area contributed by atoms with Crippen molar-refractivity contribution in [1.82, 2.24) is 4.57 Å². The summed E-state index contributed by atoms with van der Waals surface area (Å²) in [5.41, 5.74) is 6.63. The van der Waals surface area contributed by atoms with Gasteiger partial charge in [0.2, 0.25) is 0 Å². The zero-order valence-electron chi connectivity index (χ0n) is 27.5. The summed E-state index contributed by atoms with van der Waals surface area (Å²) in [7, 11) is 10.1. The number of ether oxygens (including phenoxy) is 1. The van der Waals surface area contributed by atoms with Crippen molar-refractivity contribution in [3.05, 3.63) is 96.6 Å². The van der Waals surface area contributed by atoms with Crippen LogP contribution in [-0.4, -0.2) is 24.8 Å². The quantitative estimate of drug-likeness (QED) is 0.0777. The van der Waals surface area contributed by atoms with Crippen LogP contribution in [0.4, 0.5) is 0 Å². The fourth-order valence-corrected chi connectivity index (χ4v) is 11.7. The molecule has 0 fully saturated rings. The van der Waals surface area contributed by atoms with E-state index >= 15 is 0 Å². The number of para-hydroxylation sites is 1. The Labute approximate surface area is 289 Å². The zero-order valence-corrected chi connectivity index (χ0v) is 32.5. The fourth-order valence-electron chi connectivity index (χ4n) is 7.23. The molecule has 1 aromatic heterocycles. The maximum atomic E-state index is 5.96. The van der Waals surface area contributed by atoms with Crippen molar-refractivity contribution in [3.63, 3.8) is 0 Å². The molecular formula is C39H45Cl2NOSiZr. The third-order valence-electron chi connectivity index (χ3n) is 9.31. The summed E-state index contributed by atoms with van der Waals surface area (Å²) in [6.07, 6.45) is 4.93. The Balaban J connectivity index is 0.00000128. The average molecular weight is 734 g/mol. The molecule has 0 saturated carbocycles. The van der Waals surface area contributed by atoms with Crippen LogP contribution < -0.4 is 10.4 Å². The predicted octanol–water partition coefficient (Wildman–Crippen LogP) is 10.8. The molecule has 0 spiro atoms. The summed E-state index contributed by atoms with van der Waals surface area (Å²) in [4.78, 5) is 0. The Hall–Kier alpha value is -1.94. The van der Waals surface area contributed by atoms with Crippen LogP contribution in [0.15, 0.2) is 91.0 Å². The van der Waals surface area contributed by atoms with Gasteiger partial charge in [0.05, 0.1) is 5.60 Å². The van der Waals surface area contributed by atoms with Crippen molar-refractivity contribution in [2.75, 3.05) is 6.61 Å². The van der Waals surface area contributed by atoms with E-state index in [1.807, 2.05) is 0 Å². The van der Waals surface area contributed by atoms with Crippen LogP contribution in [0.25, 0.3) is 43.7 Å². The van der Waals surface area contributed by atoms with Gasteiger partial charge in [-0.1, -0.05) is 74.7 Å². The van der Waals surface area contributed by atoms with Gasteiger partial charge in [0, 0.05) is 43.5 Å². The summed E-state index contributed by atoms with van der Waals surface area (Å²) in [6.45, 7) is 12.3. The first-order valence-corrected chi connectivity index (χ1v) is 25.1. The van der Waals surface area contributed by atoms with Gasteiger partial charge in [0.15, 0.2) is 0 Å². The molecule has 1 unspecified atom stereocenters. The van der Waals surface area contributed by atoms with Crippen LogP contribution in [0, 0.1) is 6.92 Å². The van der Waals surface area contributed by atoms with Crippen LogP contribution in [0.3, 0.4) is 0 Å². The van der Waals surface area contributed by atoms with Crippen LogP contribution in [0.5, 0.6) is 0 Å². The fraction of sp³-hybridized carbons (Fsp3) is 0.333. The molecule has 1 heterocycles. The molecule has 45 heavy (non-hydrogen) atoms. The van der Waals surface area contributed by atoms with Gasteiger partial charge in [-0.05, 0) is 51.0 Å². The van der Waals surface area contributed by atoms with E-state index in [2.05, 4.69) is 137 Å². The van der Waals surface area contributed by atoms with E-state index in [1.54, 1.807) is 10.4 Å². The molecule has 6 heteroatoms. The number of halogens is 2. The average Bonchev–Trinajstić information content (AvgIpc) is 3.74. The molecule has 1 atom stereocenters. The van der Waals surface area contributed by atoms with Crippen molar-refractivity contribution in [2.24, 2.45) is 7.05 Å². The van der Waals surface area contributed by atoms with Crippen LogP contribution >= 0.6 is 17.0 Å². The third kappa shape index (κ3) is 7.47. The maximum absolute atomic E-state index is 5.96. The van der Waals surface area contributed by atoms with Crippen LogP contribution in [0.1, 0.15) is 52.0 Å². The Morgan fingerprint density at radius 2 is 1.49 bits per heavy atom. The first-order valence-electron chi connectivity index (χ1n) is 16.1. The standard InChI is InChI=1S/C39H45NOSi.2ClH.Zr/c1-28-26-34-31(29-22-23-37-35(27-29)32-18-11-12-21-36(32)40(37)5)19-15-20-33(34)38(28)42(6,30-16-9-10-17-30)25-14-8-7-13-24-41-39(2,3)4;;;/h9-12,15-23,26-27H,7-8,13-14,24-25H2,1-6H3;2*1H;/q-2;;;+4/p-2. The van der Waals surface area contributed by atoms with E-state index in [4.69, 9.17) is 21.8 Å². The number of hydrogen-bond acceptors (Lipinski definition) is 1. The molecular weight excluding hydrogens is 689 g/mol. The molecule has 0 bridgehead atoms. The van der Waals surface area contributed by atoms with Crippen LogP contribution in [-0.2, 0) is 32.6 Å². The molecule has 0 aliphatic rings. The number of hydrogen-bond donors (Lipinski definition) is 0. The van der Waals surface area contributed by atoms with Gasteiger partial charge in [-0.25, -0.2) is 12.1 Å². The minimum absolute atomic E-state index is 0.0425. The summed E-state index contributed by atoms with van der Waals surface area (Å²) in [5, 5.41) is 8.70. The van der Waals surface area contributed by atoms with E-state index in [0.29, 0.717) is 0 Å². The molecule has 0 aliphatic carbocycles. The molecule has 234 valence electrons. The van der Waals surface area contributed by atoms with Gasteiger partial charge >= 0.3 is 37.9 Å².